The van der Waals surface area contributed by atoms with Crippen molar-refractivity contribution in [2.75, 3.05) is 50.8 Å². The van der Waals surface area contributed by atoms with Crippen molar-refractivity contribution >= 4 is 28.7 Å². The summed E-state index contributed by atoms with van der Waals surface area (Å²) in [6.07, 6.45) is -0.519. The maximum absolute atomic E-state index is 14.0. The molecule has 0 N–H and O–H groups in total. The minimum atomic E-state index is -2.73. The first kappa shape index (κ1) is 26.9. The Balaban J connectivity index is 1.29. The number of halogens is 2. The van der Waals surface area contributed by atoms with Crippen LogP contribution in [0.15, 0.2) is 48.5 Å². The van der Waals surface area contributed by atoms with Crippen LogP contribution in [0.2, 0.25) is 0 Å². The molecule has 5 rings (SSSR count). The zero-order valence-electron chi connectivity index (χ0n) is 22.3. The van der Waals surface area contributed by atoms with Crippen molar-refractivity contribution in [3.05, 3.63) is 48.5 Å². The summed E-state index contributed by atoms with van der Waals surface area (Å²) in [4.78, 5) is 35.9. The molecule has 2 aliphatic rings. The number of rotatable bonds is 4. The van der Waals surface area contributed by atoms with Gasteiger partial charge in [-0.2, -0.15) is 8.78 Å². The first-order chi connectivity index (χ1) is 18.6. The lowest BCUT2D eigenvalue weighted by Crippen LogP contribution is -2.60. The van der Waals surface area contributed by atoms with E-state index in [0.717, 1.165) is 10.3 Å². The van der Waals surface area contributed by atoms with Gasteiger partial charge in [0.25, 0.3) is 0 Å². The van der Waals surface area contributed by atoms with Crippen LogP contribution >= 0.6 is 0 Å². The lowest BCUT2D eigenvalue weighted by Gasteiger charge is -2.41. The molecule has 2 saturated heterocycles. The van der Waals surface area contributed by atoms with E-state index in [9.17, 15) is 18.4 Å². The molecule has 3 aromatic rings. The zero-order chi connectivity index (χ0) is 27.7. The third kappa shape index (κ3) is 5.68. The van der Waals surface area contributed by atoms with Crippen LogP contribution in [0.25, 0.3) is 22.4 Å². The summed E-state index contributed by atoms with van der Waals surface area (Å²) in [7, 11) is 0. The largest absolute Gasteiger partial charge is 0.444 e. The fourth-order valence-corrected chi connectivity index (χ4v) is 5.03. The number of imidazole rings is 1. The van der Waals surface area contributed by atoms with E-state index in [4.69, 9.17) is 9.47 Å². The zero-order valence-corrected chi connectivity index (χ0v) is 22.3. The van der Waals surface area contributed by atoms with Crippen molar-refractivity contribution in [2.45, 2.75) is 39.0 Å². The summed E-state index contributed by atoms with van der Waals surface area (Å²) in [5.41, 5.74) is 1.69. The normalized spacial score (nSPS) is 18.6. The number of amides is 2. The predicted octanol–water partition coefficient (Wildman–Crippen LogP) is 4.38. The average molecular weight is 542 g/mol. The SMILES string of the molecule is CC(C)(C)OC(=O)N1CCOCC1C(=O)N1CCN(c2cccc(-c3nc4ccccc4n3C(F)F)c2)CC1. The molecule has 0 bridgehead atoms. The summed E-state index contributed by atoms with van der Waals surface area (Å²) >= 11 is 0. The molecule has 2 aromatic carbocycles. The van der Waals surface area contributed by atoms with E-state index >= 15 is 0 Å². The van der Waals surface area contributed by atoms with Gasteiger partial charge >= 0.3 is 12.6 Å². The molecule has 1 aromatic heterocycles. The second kappa shape index (κ2) is 10.8. The Bertz CT molecular complexity index is 1350. The number of carbonyl (C=O) groups is 2. The van der Waals surface area contributed by atoms with Crippen molar-refractivity contribution in [1.82, 2.24) is 19.4 Å². The van der Waals surface area contributed by atoms with Gasteiger partial charge in [0.15, 0.2) is 0 Å². The van der Waals surface area contributed by atoms with Crippen LogP contribution in [0, 0.1) is 0 Å². The molecule has 9 nitrogen and oxygen atoms in total. The van der Waals surface area contributed by atoms with Gasteiger partial charge in [0, 0.05) is 44.0 Å². The smallest absolute Gasteiger partial charge is 0.411 e. The quantitative estimate of drug-likeness (QED) is 0.488. The number of morpholine rings is 1. The van der Waals surface area contributed by atoms with Gasteiger partial charge in [-0.1, -0.05) is 24.3 Å². The molecular weight excluding hydrogens is 508 g/mol. The standard InChI is InChI=1S/C28H33F2N5O4/c1-28(2,3)39-27(37)34-15-16-38-18-23(34)25(36)33-13-11-32(12-14-33)20-8-6-7-19(17-20)24-31-21-9-4-5-10-22(21)35(24)26(29)30/h4-10,17,23,26H,11-16,18H2,1-3H3. The summed E-state index contributed by atoms with van der Waals surface area (Å²) in [5, 5.41) is 0. The number of carbonyl (C=O) groups excluding carboxylic acids is 2. The Labute approximate surface area is 225 Å². The van der Waals surface area contributed by atoms with Gasteiger partial charge in [-0.15, -0.1) is 0 Å². The number of alkyl halides is 2. The number of para-hydroxylation sites is 2. The van der Waals surface area contributed by atoms with Crippen LogP contribution in [-0.4, -0.2) is 88.9 Å². The second-order valence-corrected chi connectivity index (χ2v) is 10.7. The van der Waals surface area contributed by atoms with E-state index in [1.54, 1.807) is 56.0 Å². The molecule has 2 aliphatic heterocycles. The first-order valence-corrected chi connectivity index (χ1v) is 13.1. The van der Waals surface area contributed by atoms with Gasteiger partial charge in [-0.25, -0.2) is 9.78 Å². The number of fused-ring (bicyclic) bond motifs is 1. The van der Waals surface area contributed by atoms with Gasteiger partial charge < -0.3 is 19.3 Å². The van der Waals surface area contributed by atoms with Gasteiger partial charge in [0.1, 0.15) is 17.5 Å². The Hall–Kier alpha value is -3.73. The monoisotopic (exact) mass is 541 g/mol. The number of ether oxygens (including phenoxy) is 2. The molecule has 208 valence electrons. The second-order valence-electron chi connectivity index (χ2n) is 10.7. The van der Waals surface area contributed by atoms with E-state index in [1.165, 1.54) is 4.90 Å². The molecule has 11 heteroatoms. The topological polar surface area (TPSA) is 80.1 Å². The van der Waals surface area contributed by atoms with E-state index in [-0.39, 0.29) is 18.3 Å². The van der Waals surface area contributed by atoms with Crippen LogP contribution in [0.5, 0.6) is 0 Å². The maximum Gasteiger partial charge on any atom is 0.411 e. The number of aromatic nitrogens is 2. The number of hydrogen-bond donors (Lipinski definition) is 0. The van der Waals surface area contributed by atoms with E-state index in [1.807, 2.05) is 18.2 Å². The van der Waals surface area contributed by atoms with E-state index in [0.29, 0.717) is 55.9 Å². The van der Waals surface area contributed by atoms with Crippen LogP contribution in [0.1, 0.15) is 27.3 Å². The van der Waals surface area contributed by atoms with Crippen LogP contribution in [-0.2, 0) is 14.3 Å². The predicted molar refractivity (Wildman–Crippen MR) is 143 cm³/mol. The third-order valence-electron chi connectivity index (χ3n) is 6.89. The molecule has 0 aliphatic carbocycles. The Morgan fingerprint density at radius 2 is 1.77 bits per heavy atom. The molecular formula is C28H33F2N5O4. The van der Waals surface area contributed by atoms with Crippen molar-refractivity contribution in [3.8, 4) is 11.4 Å². The number of nitrogens with zero attached hydrogens (tertiary/aromatic N) is 5. The average Bonchev–Trinajstić information content (AvgIpc) is 3.32. The minimum absolute atomic E-state index is 0.130. The van der Waals surface area contributed by atoms with Gasteiger partial charge in [-0.3, -0.25) is 14.3 Å². The molecule has 1 unspecified atom stereocenters. The van der Waals surface area contributed by atoms with Crippen LogP contribution in [0.4, 0.5) is 19.3 Å². The fraction of sp³-hybridized carbons (Fsp3) is 0.464. The summed E-state index contributed by atoms with van der Waals surface area (Å²) in [6, 6.07) is 13.5. The van der Waals surface area contributed by atoms with Crippen molar-refractivity contribution in [3.63, 3.8) is 0 Å². The Kier molecular flexibility index (Phi) is 7.44. The fourth-order valence-electron chi connectivity index (χ4n) is 5.03. The summed E-state index contributed by atoms with van der Waals surface area (Å²) in [6.45, 7) is 5.45. The summed E-state index contributed by atoms with van der Waals surface area (Å²) in [5.74, 6) is 0.0426. The van der Waals surface area contributed by atoms with Gasteiger partial charge in [-0.05, 0) is 45.0 Å². The lowest BCUT2D eigenvalue weighted by molar-refractivity contribution is -0.143. The highest BCUT2D eigenvalue weighted by Gasteiger charge is 2.38. The highest BCUT2D eigenvalue weighted by Crippen LogP contribution is 2.32. The van der Waals surface area contributed by atoms with Crippen LogP contribution < -0.4 is 4.90 Å². The molecule has 2 amide bonds. The molecule has 1 atom stereocenters. The van der Waals surface area contributed by atoms with E-state index < -0.39 is 24.3 Å². The number of benzene rings is 2. The van der Waals surface area contributed by atoms with Crippen molar-refractivity contribution in [1.29, 1.82) is 0 Å². The lowest BCUT2D eigenvalue weighted by atomic mass is 10.1. The van der Waals surface area contributed by atoms with Crippen molar-refractivity contribution < 1.29 is 27.8 Å². The number of hydrogen-bond acceptors (Lipinski definition) is 6. The maximum atomic E-state index is 14.0. The molecule has 0 saturated carbocycles. The van der Waals surface area contributed by atoms with E-state index in [2.05, 4.69) is 9.88 Å². The van der Waals surface area contributed by atoms with Gasteiger partial charge in [0.05, 0.1) is 24.2 Å². The molecule has 0 radical (unpaired) electrons. The van der Waals surface area contributed by atoms with Gasteiger partial charge in [0.2, 0.25) is 5.91 Å². The number of anilines is 1. The molecule has 39 heavy (non-hydrogen) atoms. The molecule has 2 fully saturated rings. The van der Waals surface area contributed by atoms with Crippen molar-refractivity contribution in [2.24, 2.45) is 0 Å². The molecule has 3 heterocycles. The number of piperazine rings is 1. The third-order valence-corrected chi connectivity index (χ3v) is 6.89. The van der Waals surface area contributed by atoms with Crippen LogP contribution in [0.3, 0.4) is 0 Å². The Morgan fingerprint density at radius 1 is 1.03 bits per heavy atom. The Morgan fingerprint density at radius 3 is 2.49 bits per heavy atom. The molecule has 0 spiro atoms. The summed E-state index contributed by atoms with van der Waals surface area (Å²) < 4.78 is 40.0. The first-order valence-electron chi connectivity index (χ1n) is 13.1. The highest BCUT2D eigenvalue weighted by atomic mass is 19.3. The highest BCUT2D eigenvalue weighted by molar-refractivity contribution is 5.86. The minimum Gasteiger partial charge on any atom is -0.444 e.